The minimum Gasteiger partial charge on any atom is -0.314 e. The molecule has 1 aromatic rings. The van der Waals surface area contributed by atoms with Crippen LogP contribution < -0.4 is 5.32 Å². The summed E-state index contributed by atoms with van der Waals surface area (Å²) in [5.41, 5.74) is 0. The van der Waals surface area contributed by atoms with Crippen LogP contribution in [0.15, 0.2) is 29.2 Å². The van der Waals surface area contributed by atoms with E-state index in [2.05, 4.69) is 5.32 Å². The van der Waals surface area contributed by atoms with E-state index in [9.17, 15) is 12.8 Å². The smallest absolute Gasteiger partial charge is 0.178 e. The summed E-state index contributed by atoms with van der Waals surface area (Å²) in [6.45, 7) is 0.708. The van der Waals surface area contributed by atoms with Gasteiger partial charge in [-0.05, 0) is 44.0 Å². The fraction of sp³-hybridized carbons (Fsp3) is 0.500. The first-order chi connectivity index (χ1) is 8.08. The monoisotopic (exact) mass is 257 g/mol. The van der Waals surface area contributed by atoms with Crippen molar-refractivity contribution in [1.29, 1.82) is 0 Å². The molecular weight excluding hydrogens is 241 g/mol. The summed E-state index contributed by atoms with van der Waals surface area (Å²) < 4.78 is 36.6. The molecule has 0 aromatic heterocycles. The minimum atomic E-state index is -3.34. The molecule has 0 saturated heterocycles. The number of benzene rings is 1. The van der Waals surface area contributed by atoms with Crippen molar-refractivity contribution in [3.05, 3.63) is 30.1 Å². The zero-order chi connectivity index (χ0) is 12.3. The number of halogens is 1. The van der Waals surface area contributed by atoms with Crippen molar-refractivity contribution >= 4 is 9.84 Å². The number of nitrogens with one attached hydrogen (secondary N) is 1. The van der Waals surface area contributed by atoms with Gasteiger partial charge >= 0.3 is 0 Å². The standard InChI is InChI=1S/C12H16FNO2S/c13-10-3-1-4-12(9-10)17(15,16)8-2-7-14-11-5-6-11/h1,3-4,9,11,14H,2,5-8H2. The molecule has 5 heteroatoms. The molecule has 1 N–H and O–H groups in total. The first-order valence-corrected chi connectivity index (χ1v) is 7.45. The Labute approximate surface area is 101 Å². The molecule has 0 atom stereocenters. The first kappa shape index (κ1) is 12.5. The first-order valence-electron chi connectivity index (χ1n) is 5.80. The van der Waals surface area contributed by atoms with Crippen LogP contribution >= 0.6 is 0 Å². The second-order valence-electron chi connectivity index (χ2n) is 4.36. The van der Waals surface area contributed by atoms with E-state index in [1.807, 2.05) is 0 Å². The summed E-state index contributed by atoms with van der Waals surface area (Å²) in [6, 6.07) is 5.77. The van der Waals surface area contributed by atoms with Gasteiger partial charge in [-0.3, -0.25) is 0 Å². The van der Waals surface area contributed by atoms with E-state index in [4.69, 9.17) is 0 Å². The highest BCUT2D eigenvalue weighted by atomic mass is 32.2. The molecule has 0 unspecified atom stereocenters. The third-order valence-corrected chi connectivity index (χ3v) is 4.55. The van der Waals surface area contributed by atoms with Crippen molar-refractivity contribution in [3.63, 3.8) is 0 Å². The fourth-order valence-electron chi connectivity index (χ4n) is 1.63. The van der Waals surface area contributed by atoms with Crippen molar-refractivity contribution in [2.75, 3.05) is 12.3 Å². The molecule has 1 fully saturated rings. The summed E-state index contributed by atoms with van der Waals surface area (Å²) in [6.07, 6.45) is 2.95. The zero-order valence-electron chi connectivity index (χ0n) is 9.52. The van der Waals surface area contributed by atoms with Crippen molar-refractivity contribution in [3.8, 4) is 0 Å². The Morgan fingerprint density at radius 1 is 1.35 bits per heavy atom. The Morgan fingerprint density at radius 2 is 2.12 bits per heavy atom. The van der Waals surface area contributed by atoms with Gasteiger partial charge < -0.3 is 5.32 Å². The van der Waals surface area contributed by atoms with Gasteiger partial charge in [0, 0.05) is 6.04 Å². The van der Waals surface area contributed by atoms with E-state index in [0.29, 0.717) is 19.0 Å². The van der Waals surface area contributed by atoms with Crippen molar-refractivity contribution in [2.45, 2.75) is 30.2 Å². The molecule has 2 rings (SSSR count). The van der Waals surface area contributed by atoms with Crippen LogP contribution in [0.1, 0.15) is 19.3 Å². The highest BCUT2D eigenvalue weighted by Gasteiger charge is 2.20. The van der Waals surface area contributed by atoms with Crippen LogP contribution in [-0.4, -0.2) is 26.8 Å². The molecular formula is C12H16FNO2S. The van der Waals surface area contributed by atoms with E-state index in [1.165, 1.54) is 31.0 Å². The van der Waals surface area contributed by atoms with E-state index in [1.54, 1.807) is 0 Å². The van der Waals surface area contributed by atoms with Crippen LogP contribution in [0, 0.1) is 5.82 Å². The van der Waals surface area contributed by atoms with Crippen molar-refractivity contribution in [1.82, 2.24) is 5.32 Å². The second-order valence-corrected chi connectivity index (χ2v) is 6.47. The minimum absolute atomic E-state index is 0.0656. The molecule has 1 aromatic carbocycles. The summed E-state index contributed by atoms with van der Waals surface area (Å²) in [5, 5.41) is 3.25. The average molecular weight is 257 g/mol. The van der Waals surface area contributed by atoms with Gasteiger partial charge in [-0.2, -0.15) is 0 Å². The normalized spacial score (nSPS) is 16.1. The molecule has 1 saturated carbocycles. The molecule has 17 heavy (non-hydrogen) atoms. The molecule has 0 radical (unpaired) electrons. The Balaban J connectivity index is 1.88. The fourth-order valence-corrected chi connectivity index (χ4v) is 2.97. The molecule has 0 aliphatic heterocycles. The highest BCUT2D eigenvalue weighted by Crippen LogP contribution is 2.18. The van der Waals surface area contributed by atoms with Crippen LogP contribution in [0.3, 0.4) is 0 Å². The Kier molecular flexibility index (Phi) is 3.79. The lowest BCUT2D eigenvalue weighted by atomic mass is 10.4. The molecule has 94 valence electrons. The van der Waals surface area contributed by atoms with Gasteiger partial charge in [-0.25, -0.2) is 12.8 Å². The lowest BCUT2D eigenvalue weighted by Crippen LogP contribution is -2.20. The summed E-state index contributed by atoms with van der Waals surface area (Å²) in [5.74, 6) is -0.446. The maximum absolute atomic E-state index is 12.9. The number of hydrogen-bond acceptors (Lipinski definition) is 3. The van der Waals surface area contributed by atoms with Gasteiger partial charge in [-0.15, -0.1) is 0 Å². The molecule has 1 aliphatic rings. The summed E-state index contributed by atoms with van der Waals surface area (Å²) in [7, 11) is -3.34. The highest BCUT2D eigenvalue weighted by molar-refractivity contribution is 7.91. The number of sulfone groups is 1. The van der Waals surface area contributed by atoms with Crippen LogP contribution in [0.4, 0.5) is 4.39 Å². The Hall–Kier alpha value is -0.940. The zero-order valence-corrected chi connectivity index (χ0v) is 10.3. The van der Waals surface area contributed by atoms with E-state index in [0.717, 1.165) is 6.07 Å². The van der Waals surface area contributed by atoms with Gasteiger partial charge in [-0.1, -0.05) is 6.07 Å². The van der Waals surface area contributed by atoms with Crippen molar-refractivity contribution in [2.24, 2.45) is 0 Å². The van der Waals surface area contributed by atoms with Gasteiger partial charge in [0.25, 0.3) is 0 Å². The predicted molar refractivity (Wildman–Crippen MR) is 64.1 cm³/mol. The van der Waals surface area contributed by atoms with E-state index < -0.39 is 15.7 Å². The third kappa shape index (κ3) is 3.78. The van der Waals surface area contributed by atoms with Crippen LogP contribution in [-0.2, 0) is 9.84 Å². The van der Waals surface area contributed by atoms with Gasteiger partial charge in [0.2, 0.25) is 0 Å². The van der Waals surface area contributed by atoms with Crippen molar-refractivity contribution < 1.29 is 12.8 Å². The maximum Gasteiger partial charge on any atom is 0.178 e. The van der Waals surface area contributed by atoms with Crippen LogP contribution in [0.2, 0.25) is 0 Å². The molecule has 3 nitrogen and oxygen atoms in total. The Bertz CT molecular complexity index is 483. The molecule has 0 amide bonds. The molecule has 0 spiro atoms. The Morgan fingerprint density at radius 3 is 2.76 bits per heavy atom. The lowest BCUT2D eigenvalue weighted by molar-refractivity contribution is 0.584. The van der Waals surface area contributed by atoms with Crippen LogP contribution in [0.5, 0.6) is 0 Å². The molecule has 0 bridgehead atoms. The lowest BCUT2D eigenvalue weighted by Gasteiger charge is -2.05. The summed E-state index contributed by atoms with van der Waals surface area (Å²) in [4.78, 5) is 0.0731. The third-order valence-electron chi connectivity index (χ3n) is 2.76. The van der Waals surface area contributed by atoms with Gasteiger partial charge in [0.15, 0.2) is 9.84 Å². The number of rotatable bonds is 6. The molecule has 0 heterocycles. The average Bonchev–Trinajstić information content (AvgIpc) is 3.08. The topological polar surface area (TPSA) is 46.2 Å². The quantitative estimate of drug-likeness (QED) is 0.790. The van der Waals surface area contributed by atoms with E-state index >= 15 is 0 Å². The second kappa shape index (κ2) is 5.14. The largest absolute Gasteiger partial charge is 0.314 e. The van der Waals surface area contributed by atoms with Crippen LogP contribution in [0.25, 0.3) is 0 Å². The van der Waals surface area contributed by atoms with Gasteiger partial charge in [0.1, 0.15) is 5.82 Å². The summed E-state index contributed by atoms with van der Waals surface area (Å²) >= 11 is 0. The maximum atomic E-state index is 12.9. The number of hydrogen-bond donors (Lipinski definition) is 1. The SMILES string of the molecule is O=S(=O)(CCCNC1CC1)c1cccc(F)c1. The van der Waals surface area contributed by atoms with Gasteiger partial charge in [0.05, 0.1) is 10.6 Å². The van der Waals surface area contributed by atoms with E-state index in [-0.39, 0.29) is 10.6 Å². The predicted octanol–water partition coefficient (Wildman–Crippen LogP) is 1.74. The molecule has 1 aliphatic carbocycles.